The average molecular weight is 251 g/mol. The highest BCUT2D eigenvalue weighted by molar-refractivity contribution is 4.94. The van der Waals surface area contributed by atoms with Gasteiger partial charge in [-0.3, -0.25) is 0 Å². The van der Waals surface area contributed by atoms with Crippen molar-refractivity contribution in [1.82, 2.24) is 25.5 Å². The number of nitrogens with zero attached hydrogens (tertiary/aromatic N) is 4. The van der Waals surface area contributed by atoms with Crippen LogP contribution in [0, 0.1) is 11.8 Å². The highest BCUT2D eigenvalue weighted by Gasteiger charge is 2.29. The van der Waals surface area contributed by atoms with Crippen LogP contribution in [0.5, 0.6) is 0 Å². The van der Waals surface area contributed by atoms with Crippen LogP contribution in [0.2, 0.25) is 0 Å². The third-order valence-electron chi connectivity index (χ3n) is 3.87. The smallest absolute Gasteiger partial charge is 0.168 e. The Morgan fingerprint density at radius 3 is 2.72 bits per heavy atom. The zero-order chi connectivity index (χ0) is 13.1. The molecule has 1 saturated carbocycles. The van der Waals surface area contributed by atoms with Crippen LogP contribution in [0.15, 0.2) is 0 Å². The largest absolute Gasteiger partial charge is 0.307 e. The van der Waals surface area contributed by atoms with Crippen LogP contribution < -0.4 is 5.32 Å². The summed E-state index contributed by atoms with van der Waals surface area (Å²) in [5.41, 5.74) is 0. The van der Waals surface area contributed by atoms with Gasteiger partial charge in [-0.15, -0.1) is 5.10 Å². The Bertz CT molecular complexity index is 373. The van der Waals surface area contributed by atoms with E-state index < -0.39 is 0 Å². The van der Waals surface area contributed by atoms with Gasteiger partial charge < -0.3 is 5.32 Å². The minimum Gasteiger partial charge on any atom is -0.307 e. The van der Waals surface area contributed by atoms with Gasteiger partial charge in [0.05, 0.1) is 12.1 Å². The van der Waals surface area contributed by atoms with Crippen LogP contribution >= 0.6 is 0 Å². The standard InChI is InChI=1S/C13H25N5/c1-9(2)8-14-11(4)13-15-16-17-18(13)12-7-5-6-10(12)3/h9-12,14H,5-8H2,1-4H3. The molecule has 0 saturated heterocycles. The van der Waals surface area contributed by atoms with E-state index in [0.717, 1.165) is 12.4 Å². The molecule has 5 nitrogen and oxygen atoms in total. The maximum absolute atomic E-state index is 4.21. The Hall–Kier alpha value is -0.970. The maximum atomic E-state index is 4.21. The molecule has 102 valence electrons. The lowest BCUT2D eigenvalue weighted by Crippen LogP contribution is -2.27. The second-order valence-corrected chi connectivity index (χ2v) is 5.98. The number of hydrogen-bond acceptors (Lipinski definition) is 4. The minimum absolute atomic E-state index is 0.218. The minimum atomic E-state index is 0.218. The predicted octanol–water partition coefficient (Wildman–Crippen LogP) is 2.34. The van der Waals surface area contributed by atoms with Gasteiger partial charge in [0, 0.05) is 0 Å². The molecule has 2 rings (SSSR count). The predicted molar refractivity (Wildman–Crippen MR) is 71.1 cm³/mol. The fourth-order valence-electron chi connectivity index (χ4n) is 2.71. The van der Waals surface area contributed by atoms with Crippen molar-refractivity contribution in [2.24, 2.45) is 11.8 Å². The Labute approximate surface area is 109 Å². The molecule has 0 radical (unpaired) electrons. The summed E-state index contributed by atoms with van der Waals surface area (Å²) in [5.74, 6) is 2.31. The Morgan fingerprint density at radius 1 is 1.33 bits per heavy atom. The lowest BCUT2D eigenvalue weighted by molar-refractivity contribution is 0.341. The molecule has 0 spiro atoms. The van der Waals surface area contributed by atoms with Crippen LogP contribution in [-0.4, -0.2) is 26.8 Å². The number of hydrogen-bond donors (Lipinski definition) is 1. The van der Waals surface area contributed by atoms with Gasteiger partial charge in [0.2, 0.25) is 0 Å². The molecule has 0 amide bonds. The summed E-state index contributed by atoms with van der Waals surface area (Å²) in [6.07, 6.45) is 3.78. The highest BCUT2D eigenvalue weighted by atomic mass is 15.6. The zero-order valence-electron chi connectivity index (χ0n) is 11.9. The molecule has 1 heterocycles. The SMILES string of the molecule is CC(C)CNC(C)c1nnnn1C1CCCC1C. The summed E-state index contributed by atoms with van der Waals surface area (Å²) in [5, 5.41) is 15.8. The second-order valence-electron chi connectivity index (χ2n) is 5.98. The van der Waals surface area contributed by atoms with E-state index in [1.165, 1.54) is 19.3 Å². The first-order valence-corrected chi connectivity index (χ1v) is 7.10. The molecule has 18 heavy (non-hydrogen) atoms. The lowest BCUT2D eigenvalue weighted by atomic mass is 10.1. The van der Waals surface area contributed by atoms with Crippen molar-refractivity contribution in [3.8, 4) is 0 Å². The monoisotopic (exact) mass is 251 g/mol. The van der Waals surface area contributed by atoms with E-state index in [9.17, 15) is 0 Å². The van der Waals surface area contributed by atoms with Gasteiger partial charge in [-0.2, -0.15) is 0 Å². The van der Waals surface area contributed by atoms with Crippen molar-refractivity contribution >= 4 is 0 Å². The van der Waals surface area contributed by atoms with Crippen LogP contribution in [0.1, 0.15) is 64.9 Å². The molecule has 1 aliphatic carbocycles. The molecule has 1 aliphatic rings. The first kappa shape index (κ1) is 13.5. The van der Waals surface area contributed by atoms with Crippen molar-refractivity contribution in [3.05, 3.63) is 5.82 Å². The quantitative estimate of drug-likeness (QED) is 0.872. The summed E-state index contributed by atoms with van der Waals surface area (Å²) in [6, 6.07) is 0.702. The van der Waals surface area contributed by atoms with E-state index in [1.807, 2.05) is 0 Å². The molecule has 1 N–H and O–H groups in total. The normalized spacial score (nSPS) is 25.8. The van der Waals surface area contributed by atoms with E-state index >= 15 is 0 Å². The molecule has 1 aromatic heterocycles. The number of nitrogens with one attached hydrogen (secondary N) is 1. The number of tetrazole rings is 1. The van der Waals surface area contributed by atoms with Gasteiger partial charge >= 0.3 is 0 Å². The molecule has 1 aromatic rings. The number of aromatic nitrogens is 4. The van der Waals surface area contributed by atoms with E-state index in [4.69, 9.17) is 0 Å². The van der Waals surface area contributed by atoms with Gasteiger partial charge in [-0.05, 0) is 48.6 Å². The van der Waals surface area contributed by atoms with Crippen LogP contribution in [0.25, 0.3) is 0 Å². The number of rotatable bonds is 5. The summed E-state index contributed by atoms with van der Waals surface area (Å²) >= 11 is 0. The van der Waals surface area contributed by atoms with Crippen LogP contribution in [0.3, 0.4) is 0 Å². The van der Waals surface area contributed by atoms with Crippen molar-refractivity contribution in [3.63, 3.8) is 0 Å². The topological polar surface area (TPSA) is 55.6 Å². The van der Waals surface area contributed by atoms with Gasteiger partial charge in [-0.1, -0.05) is 27.2 Å². The van der Waals surface area contributed by atoms with Crippen molar-refractivity contribution in [2.45, 2.75) is 59.0 Å². The van der Waals surface area contributed by atoms with Gasteiger partial charge in [0.25, 0.3) is 0 Å². The molecule has 0 bridgehead atoms. The van der Waals surface area contributed by atoms with E-state index in [-0.39, 0.29) is 6.04 Å². The molecular formula is C13H25N5. The first-order valence-electron chi connectivity index (χ1n) is 7.10. The molecule has 0 aromatic carbocycles. The molecule has 5 heteroatoms. The second kappa shape index (κ2) is 5.78. The lowest BCUT2D eigenvalue weighted by Gasteiger charge is -2.20. The fourth-order valence-corrected chi connectivity index (χ4v) is 2.71. The van der Waals surface area contributed by atoms with E-state index in [0.29, 0.717) is 17.9 Å². The van der Waals surface area contributed by atoms with Gasteiger partial charge in [-0.25, -0.2) is 4.68 Å². The summed E-state index contributed by atoms with van der Waals surface area (Å²) in [6.45, 7) is 9.86. The van der Waals surface area contributed by atoms with Gasteiger partial charge in [0.15, 0.2) is 5.82 Å². The molecule has 0 aliphatic heterocycles. The van der Waals surface area contributed by atoms with Crippen molar-refractivity contribution in [1.29, 1.82) is 0 Å². The summed E-state index contributed by atoms with van der Waals surface area (Å²) in [7, 11) is 0. The zero-order valence-corrected chi connectivity index (χ0v) is 11.9. The summed E-state index contributed by atoms with van der Waals surface area (Å²) < 4.78 is 2.05. The van der Waals surface area contributed by atoms with E-state index in [1.54, 1.807) is 0 Å². The molecule has 3 unspecified atom stereocenters. The summed E-state index contributed by atoms with van der Waals surface area (Å²) in [4.78, 5) is 0. The van der Waals surface area contributed by atoms with Crippen LogP contribution in [0.4, 0.5) is 0 Å². The average Bonchev–Trinajstić information content (AvgIpc) is 2.93. The van der Waals surface area contributed by atoms with Crippen molar-refractivity contribution in [2.75, 3.05) is 6.54 Å². The molecular weight excluding hydrogens is 226 g/mol. The Kier molecular flexibility index (Phi) is 4.32. The van der Waals surface area contributed by atoms with E-state index in [2.05, 4.69) is 53.2 Å². The third-order valence-corrected chi connectivity index (χ3v) is 3.87. The Balaban J connectivity index is 2.07. The van der Waals surface area contributed by atoms with Crippen LogP contribution in [-0.2, 0) is 0 Å². The highest BCUT2D eigenvalue weighted by Crippen LogP contribution is 2.35. The Morgan fingerprint density at radius 2 is 2.11 bits per heavy atom. The maximum Gasteiger partial charge on any atom is 0.168 e. The first-order chi connectivity index (χ1) is 8.59. The fraction of sp³-hybridized carbons (Fsp3) is 0.923. The third kappa shape index (κ3) is 2.88. The van der Waals surface area contributed by atoms with Gasteiger partial charge in [0.1, 0.15) is 0 Å². The molecule has 1 fully saturated rings. The molecule has 3 atom stereocenters. The van der Waals surface area contributed by atoms with Crippen molar-refractivity contribution < 1.29 is 0 Å².